The van der Waals surface area contributed by atoms with Crippen molar-refractivity contribution < 1.29 is 23.7 Å². The maximum Gasteiger partial charge on any atom is 0.257 e. The number of carbonyl (C=O) groups is 1. The molecular weight excluding hydrogens is 520 g/mol. The van der Waals surface area contributed by atoms with Crippen LogP contribution in [0.4, 0.5) is 0 Å². The summed E-state index contributed by atoms with van der Waals surface area (Å²) in [6.45, 7) is 4.69. The highest BCUT2D eigenvalue weighted by atomic mass is 16.5. The fourth-order valence-electron chi connectivity index (χ4n) is 5.49. The summed E-state index contributed by atoms with van der Waals surface area (Å²) < 4.78 is 22.2. The van der Waals surface area contributed by atoms with Crippen molar-refractivity contribution in [3.8, 4) is 23.0 Å². The molecule has 1 amide bonds. The van der Waals surface area contributed by atoms with E-state index in [-0.39, 0.29) is 11.9 Å². The first-order chi connectivity index (χ1) is 20.0. The molecule has 5 rings (SSSR count). The zero-order chi connectivity index (χ0) is 28.8. The molecule has 2 aliphatic heterocycles. The molecule has 1 atom stereocenters. The van der Waals surface area contributed by atoms with Gasteiger partial charge in [0.25, 0.3) is 5.91 Å². The predicted molar refractivity (Wildman–Crippen MR) is 158 cm³/mol. The zero-order valence-electron chi connectivity index (χ0n) is 24.2. The van der Waals surface area contributed by atoms with Gasteiger partial charge in [0.05, 0.1) is 46.7 Å². The Balaban J connectivity index is 1.36. The maximum absolute atomic E-state index is 13.9. The number of piperazine rings is 1. The summed E-state index contributed by atoms with van der Waals surface area (Å²) in [6.07, 6.45) is 0.516. The quantitative estimate of drug-likeness (QED) is 0.369. The number of methoxy groups -OCH3 is 4. The van der Waals surface area contributed by atoms with E-state index in [2.05, 4.69) is 34.1 Å². The number of hydrogen-bond acceptors (Lipinski definition) is 8. The Kier molecular flexibility index (Phi) is 9.06. The average Bonchev–Trinajstić information content (AvgIpc) is 3.47. The van der Waals surface area contributed by atoms with Crippen LogP contribution in [0.25, 0.3) is 0 Å². The van der Waals surface area contributed by atoms with Gasteiger partial charge in [-0.3, -0.25) is 14.6 Å². The number of hydrogen-bond donors (Lipinski definition) is 0. The van der Waals surface area contributed by atoms with Crippen molar-refractivity contribution in [1.82, 2.24) is 14.8 Å². The molecule has 0 N–H and O–H groups in total. The van der Waals surface area contributed by atoms with Crippen molar-refractivity contribution in [1.29, 1.82) is 0 Å². The number of nitrogens with zero attached hydrogens (tertiary/aromatic N) is 4. The lowest BCUT2D eigenvalue weighted by Gasteiger charge is -2.35. The van der Waals surface area contributed by atoms with Gasteiger partial charge in [-0.2, -0.15) is 5.10 Å². The van der Waals surface area contributed by atoms with Crippen molar-refractivity contribution >= 4 is 11.6 Å². The van der Waals surface area contributed by atoms with E-state index in [0.29, 0.717) is 36.0 Å². The normalized spacial score (nSPS) is 17.7. The highest BCUT2D eigenvalue weighted by molar-refractivity contribution is 6.05. The van der Waals surface area contributed by atoms with Crippen molar-refractivity contribution in [2.75, 3.05) is 61.2 Å². The van der Waals surface area contributed by atoms with Crippen molar-refractivity contribution in [2.45, 2.75) is 19.0 Å². The molecule has 1 fully saturated rings. The van der Waals surface area contributed by atoms with E-state index in [1.54, 1.807) is 33.4 Å². The molecule has 2 aliphatic rings. The van der Waals surface area contributed by atoms with E-state index in [4.69, 9.17) is 24.0 Å². The smallest absolute Gasteiger partial charge is 0.257 e. The van der Waals surface area contributed by atoms with E-state index in [1.807, 2.05) is 42.5 Å². The zero-order valence-corrected chi connectivity index (χ0v) is 24.2. The second-order valence-corrected chi connectivity index (χ2v) is 10.2. The van der Waals surface area contributed by atoms with Crippen LogP contribution in [0.3, 0.4) is 0 Å². The first-order valence-electron chi connectivity index (χ1n) is 13.9. The van der Waals surface area contributed by atoms with Gasteiger partial charge in [-0.05, 0) is 29.8 Å². The van der Waals surface area contributed by atoms with Crippen LogP contribution in [0, 0.1) is 0 Å². The van der Waals surface area contributed by atoms with Gasteiger partial charge < -0.3 is 18.9 Å². The second-order valence-electron chi connectivity index (χ2n) is 10.2. The van der Waals surface area contributed by atoms with Gasteiger partial charge in [-0.15, -0.1) is 0 Å². The Bertz CT molecular complexity index is 1370. The van der Waals surface area contributed by atoms with Gasteiger partial charge in [0, 0.05) is 62.4 Å². The molecule has 0 aromatic heterocycles. The summed E-state index contributed by atoms with van der Waals surface area (Å²) in [7, 11) is 6.49. The van der Waals surface area contributed by atoms with Gasteiger partial charge in [0.2, 0.25) is 0 Å². The van der Waals surface area contributed by atoms with Gasteiger partial charge in [-0.25, -0.2) is 5.01 Å². The van der Waals surface area contributed by atoms with Crippen LogP contribution in [0.1, 0.15) is 29.2 Å². The monoisotopic (exact) mass is 558 g/mol. The first-order valence-corrected chi connectivity index (χ1v) is 13.9. The molecule has 9 heteroatoms. The van der Waals surface area contributed by atoms with Gasteiger partial charge >= 0.3 is 0 Å². The standard InChI is InChI=1S/C32H38N4O5/c1-38-24-10-12-26(30(18-24)40-3)28-20-29(27-13-11-25(39-2)19-31(27)41-4)36(33-28)32(37)22-35-16-14-34(15-17-35)21-23-8-6-5-7-9-23/h5-13,18-19,29H,14-17,20-22H2,1-4H3/t29-/m1/s1. The van der Waals surface area contributed by atoms with Crippen LogP contribution in [0.15, 0.2) is 71.8 Å². The van der Waals surface area contributed by atoms with Crippen LogP contribution >= 0.6 is 0 Å². The molecule has 0 spiro atoms. The maximum atomic E-state index is 13.9. The Hall–Kier alpha value is -4.08. The topological polar surface area (TPSA) is 76.1 Å². The van der Waals surface area contributed by atoms with Gasteiger partial charge in [0.15, 0.2) is 0 Å². The molecule has 0 unspecified atom stereocenters. The van der Waals surface area contributed by atoms with Gasteiger partial charge in [0.1, 0.15) is 23.0 Å². The Labute approximate surface area is 241 Å². The SMILES string of the molecule is COc1ccc(C2=NN(C(=O)CN3CCN(Cc4ccccc4)CC3)[C@@H](c3ccc(OC)cc3OC)C2)c(OC)c1. The lowest BCUT2D eigenvalue weighted by molar-refractivity contribution is -0.134. The summed E-state index contributed by atoms with van der Waals surface area (Å²) in [5.74, 6) is 2.63. The van der Waals surface area contributed by atoms with Crippen LogP contribution in [0.5, 0.6) is 23.0 Å². The Morgan fingerprint density at radius 1 is 0.780 bits per heavy atom. The largest absolute Gasteiger partial charge is 0.497 e. The third kappa shape index (κ3) is 6.47. The number of carbonyl (C=O) groups excluding carboxylic acids is 1. The van der Waals surface area contributed by atoms with E-state index in [1.165, 1.54) is 5.56 Å². The minimum absolute atomic E-state index is 0.0492. The summed E-state index contributed by atoms with van der Waals surface area (Å²) in [4.78, 5) is 18.5. The van der Waals surface area contributed by atoms with Gasteiger partial charge in [-0.1, -0.05) is 30.3 Å². The highest BCUT2D eigenvalue weighted by Crippen LogP contribution is 2.40. The van der Waals surface area contributed by atoms with Crippen LogP contribution in [0.2, 0.25) is 0 Å². The van der Waals surface area contributed by atoms with Crippen molar-refractivity contribution in [3.05, 3.63) is 83.4 Å². The predicted octanol–water partition coefficient (Wildman–Crippen LogP) is 4.22. The van der Waals surface area contributed by atoms with Crippen molar-refractivity contribution in [3.63, 3.8) is 0 Å². The molecule has 0 radical (unpaired) electrons. The highest BCUT2D eigenvalue weighted by Gasteiger charge is 2.36. The van der Waals surface area contributed by atoms with Crippen molar-refractivity contribution in [2.24, 2.45) is 5.10 Å². The molecule has 41 heavy (non-hydrogen) atoms. The fraction of sp³-hybridized carbons (Fsp3) is 0.375. The second kappa shape index (κ2) is 13.1. The number of amides is 1. The lowest BCUT2D eigenvalue weighted by atomic mass is 9.97. The number of benzene rings is 3. The van der Waals surface area contributed by atoms with Crippen LogP contribution in [-0.2, 0) is 11.3 Å². The summed E-state index contributed by atoms with van der Waals surface area (Å²) in [5, 5.41) is 6.51. The first kappa shape index (κ1) is 28.4. The number of ether oxygens (including phenoxy) is 4. The minimum Gasteiger partial charge on any atom is -0.497 e. The summed E-state index contributed by atoms with van der Waals surface area (Å²) in [6, 6.07) is 21.5. The van der Waals surface area contributed by atoms with Crippen LogP contribution < -0.4 is 18.9 Å². The molecule has 216 valence electrons. The summed E-state index contributed by atoms with van der Waals surface area (Å²) >= 11 is 0. The molecular formula is C32H38N4O5. The van der Waals surface area contributed by atoms with E-state index >= 15 is 0 Å². The Morgan fingerprint density at radius 2 is 1.41 bits per heavy atom. The molecule has 0 saturated carbocycles. The number of rotatable bonds is 10. The average molecular weight is 559 g/mol. The Morgan fingerprint density at radius 3 is 2.07 bits per heavy atom. The number of hydrazone groups is 1. The van der Waals surface area contributed by atoms with E-state index in [0.717, 1.165) is 49.6 Å². The molecule has 3 aromatic rings. The van der Waals surface area contributed by atoms with E-state index < -0.39 is 0 Å². The fourth-order valence-corrected chi connectivity index (χ4v) is 5.49. The molecule has 0 aliphatic carbocycles. The molecule has 9 nitrogen and oxygen atoms in total. The molecule has 0 bridgehead atoms. The molecule has 3 aromatic carbocycles. The van der Waals surface area contributed by atoms with E-state index in [9.17, 15) is 4.79 Å². The molecule has 1 saturated heterocycles. The summed E-state index contributed by atoms with van der Waals surface area (Å²) in [5.41, 5.74) is 3.78. The third-order valence-corrected chi connectivity index (χ3v) is 7.76. The minimum atomic E-state index is -0.329. The van der Waals surface area contributed by atoms with Crippen LogP contribution in [-0.4, -0.2) is 87.6 Å². The third-order valence-electron chi connectivity index (χ3n) is 7.76. The lowest BCUT2D eigenvalue weighted by Crippen LogP contribution is -2.49. The molecule has 2 heterocycles.